The maximum Gasteiger partial charge on any atom is 0.169 e. The van der Waals surface area contributed by atoms with Gasteiger partial charge in [-0.05, 0) is 19.3 Å². The molecular weight excluding hydrogens is 308 g/mol. The fraction of sp³-hybridized carbons (Fsp3) is 0.947. The van der Waals surface area contributed by atoms with Gasteiger partial charge in [0, 0.05) is 26.2 Å². The van der Waals surface area contributed by atoms with Gasteiger partial charge < -0.3 is 19.3 Å². The SMILES string of the molecule is CCCCOC[C@H]1C(=O)[C@@H](O)C[C@@H](OCCCC)[C@@H]1OCCCC. The Morgan fingerprint density at radius 3 is 2.17 bits per heavy atom. The fourth-order valence-corrected chi connectivity index (χ4v) is 2.90. The fourth-order valence-electron chi connectivity index (χ4n) is 2.90. The number of unbranched alkanes of at least 4 members (excludes halogenated alkanes) is 3. The summed E-state index contributed by atoms with van der Waals surface area (Å²) < 4.78 is 17.6. The molecule has 0 aliphatic heterocycles. The van der Waals surface area contributed by atoms with E-state index in [1.165, 1.54) is 0 Å². The first-order valence-corrected chi connectivity index (χ1v) is 9.68. The van der Waals surface area contributed by atoms with Crippen molar-refractivity contribution in [2.75, 3.05) is 26.4 Å². The third-order valence-corrected chi connectivity index (χ3v) is 4.49. The van der Waals surface area contributed by atoms with Crippen molar-refractivity contribution < 1.29 is 24.1 Å². The quantitative estimate of drug-likeness (QED) is 0.520. The number of ether oxygens (including phenoxy) is 3. The van der Waals surface area contributed by atoms with Gasteiger partial charge in [0.15, 0.2) is 5.78 Å². The minimum absolute atomic E-state index is 0.164. The largest absolute Gasteiger partial charge is 0.385 e. The van der Waals surface area contributed by atoms with E-state index in [2.05, 4.69) is 20.8 Å². The van der Waals surface area contributed by atoms with Gasteiger partial charge in [0.05, 0.1) is 24.7 Å². The number of carbonyl (C=O) groups excluding carboxylic acids is 1. The molecular formula is C19H36O5. The first-order chi connectivity index (χ1) is 11.7. The number of carbonyl (C=O) groups is 1. The van der Waals surface area contributed by atoms with Gasteiger partial charge in [-0.15, -0.1) is 0 Å². The molecule has 0 saturated heterocycles. The predicted molar refractivity (Wildman–Crippen MR) is 94.1 cm³/mol. The maximum atomic E-state index is 12.4. The number of aliphatic hydroxyl groups excluding tert-OH is 1. The van der Waals surface area contributed by atoms with Crippen LogP contribution in [0.1, 0.15) is 65.7 Å². The molecule has 24 heavy (non-hydrogen) atoms. The Bertz CT molecular complexity index is 334. The Morgan fingerprint density at radius 1 is 0.958 bits per heavy atom. The number of hydrogen-bond acceptors (Lipinski definition) is 5. The molecule has 4 atom stereocenters. The second-order valence-electron chi connectivity index (χ2n) is 6.64. The smallest absolute Gasteiger partial charge is 0.169 e. The second kappa shape index (κ2) is 12.8. The lowest BCUT2D eigenvalue weighted by Gasteiger charge is -2.38. The maximum absolute atomic E-state index is 12.4. The highest BCUT2D eigenvalue weighted by atomic mass is 16.5. The number of aliphatic hydroxyl groups is 1. The Kier molecular flexibility index (Phi) is 11.5. The van der Waals surface area contributed by atoms with E-state index in [1.54, 1.807) is 0 Å². The van der Waals surface area contributed by atoms with Gasteiger partial charge in [0.1, 0.15) is 6.10 Å². The van der Waals surface area contributed by atoms with Gasteiger partial charge in [-0.1, -0.05) is 40.0 Å². The molecule has 1 aliphatic carbocycles. The van der Waals surface area contributed by atoms with Crippen LogP contribution in [0.5, 0.6) is 0 Å². The zero-order valence-electron chi connectivity index (χ0n) is 15.7. The molecule has 0 aromatic heterocycles. The summed E-state index contributed by atoms with van der Waals surface area (Å²) in [6.45, 7) is 8.53. The third-order valence-electron chi connectivity index (χ3n) is 4.49. The predicted octanol–water partition coefficient (Wildman–Crippen LogP) is 3.12. The summed E-state index contributed by atoms with van der Waals surface area (Å²) in [4.78, 5) is 12.4. The van der Waals surface area contributed by atoms with Crippen molar-refractivity contribution in [3.05, 3.63) is 0 Å². The zero-order chi connectivity index (χ0) is 17.8. The van der Waals surface area contributed by atoms with Crippen LogP contribution in [0, 0.1) is 5.92 Å². The standard InChI is InChI=1S/C19H36O5/c1-4-7-10-22-14-15-18(21)16(20)13-17(23-11-8-5-2)19(15)24-12-9-6-3/h15-17,19-20H,4-14H2,1-3H3/t15-,16-,17+,19+/m0/s1. The van der Waals surface area contributed by atoms with Crippen molar-refractivity contribution in [3.8, 4) is 0 Å². The van der Waals surface area contributed by atoms with Crippen molar-refractivity contribution in [3.63, 3.8) is 0 Å². The zero-order valence-corrected chi connectivity index (χ0v) is 15.7. The van der Waals surface area contributed by atoms with Gasteiger partial charge >= 0.3 is 0 Å². The number of rotatable bonds is 13. The summed E-state index contributed by atoms with van der Waals surface area (Å²) in [6.07, 6.45) is 4.86. The van der Waals surface area contributed by atoms with E-state index < -0.39 is 12.0 Å². The lowest BCUT2D eigenvalue weighted by molar-refractivity contribution is -0.170. The molecule has 5 nitrogen and oxygen atoms in total. The van der Waals surface area contributed by atoms with Crippen molar-refractivity contribution >= 4 is 5.78 Å². The van der Waals surface area contributed by atoms with E-state index >= 15 is 0 Å². The number of ketones is 1. The van der Waals surface area contributed by atoms with Crippen LogP contribution < -0.4 is 0 Å². The minimum Gasteiger partial charge on any atom is -0.385 e. The van der Waals surface area contributed by atoms with Gasteiger partial charge in [-0.25, -0.2) is 0 Å². The highest BCUT2D eigenvalue weighted by Gasteiger charge is 2.44. The molecule has 142 valence electrons. The Balaban J connectivity index is 2.70. The van der Waals surface area contributed by atoms with E-state index in [-0.39, 0.29) is 18.0 Å². The topological polar surface area (TPSA) is 65.0 Å². The summed E-state index contributed by atoms with van der Waals surface area (Å²) in [5.41, 5.74) is 0. The van der Waals surface area contributed by atoms with Crippen LogP contribution in [-0.4, -0.2) is 55.6 Å². The molecule has 0 radical (unpaired) electrons. The molecule has 1 fully saturated rings. The molecule has 0 unspecified atom stereocenters. The average Bonchev–Trinajstić information content (AvgIpc) is 2.57. The molecule has 0 bridgehead atoms. The van der Waals surface area contributed by atoms with Crippen LogP contribution >= 0.6 is 0 Å². The summed E-state index contributed by atoms with van der Waals surface area (Å²) in [6, 6.07) is 0. The Hall–Kier alpha value is -0.490. The van der Waals surface area contributed by atoms with Crippen LogP contribution in [0.3, 0.4) is 0 Å². The monoisotopic (exact) mass is 344 g/mol. The average molecular weight is 344 g/mol. The molecule has 0 amide bonds. The summed E-state index contributed by atoms with van der Waals surface area (Å²) in [7, 11) is 0. The van der Waals surface area contributed by atoms with Crippen molar-refractivity contribution in [2.24, 2.45) is 5.92 Å². The highest BCUT2D eigenvalue weighted by Crippen LogP contribution is 2.28. The van der Waals surface area contributed by atoms with E-state index in [9.17, 15) is 9.90 Å². The normalized spacial score (nSPS) is 27.6. The van der Waals surface area contributed by atoms with Crippen molar-refractivity contribution in [1.29, 1.82) is 0 Å². The molecule has 1 N–H and O–H groups in total. The first kappa shape index (κ1) is 21.6. The second-order valence-corrected chi connectivity index (χ2v) is 6.64. The molecule has 0 heterocycles. The molecule has 0 aromatic carbocycles. The van der Waals surface area contributed by atoms with Crippen molar-refractivity contribution in [1.82, 2.24) is 0 Å². The highest BCUT2D eigenvalue weighted by molar-refractivity contribution is 5.87. The van der Waals surface area contributed by atoms with Gasteiger partial charge in [-0.2, -0.15) is 0 Å². The van der Waals surface area contributed by atoms with E-state index in [0.29, 0.717) is 32.8 Å². The Morgan fingerprint density at radius 2 is 1.54 bits per heavy atom. The van der Waals surface area contributed by atoms with Crippen LogP contribution in [0.4, 0.5) is 0 Å². The van der Waals surface area contributed by atoms with Crippen LogP contribution in [0.15, 0.2) is 0 Å². The van der Waals surface area contributed by atoms with E-state index in [0.717, 1.165) is 38.5 Å². The summed E-state index contributed by atoms with van der Waals surface area (Å²) in [5.74, 6) is -0.600. The van der Waals surface area contributed by atoms with Crippen LogP contribution in [0.25, 0.3) is 0 Å². The third kappa shape index (κ3) is 7.18. The summed E-state index contributed by atoms with van der Waals surface area (Å²) >= 11 is 0. The van der Waals surface area contributed by atoms with E-state index in [4.69, 9.17) is 14.2 Å². The summed E-state index contributed by atoms with van der Waals surface area (Å²) in [5, 5.41) is 10.1. The van der Waals surface area contributed by atoms with Gasteiger partial charge in [0.2, 0.25) is 0 Å². The van der Waals surface area contributed by atoms with Crippen LogP contribution in [-0.2, 0) is 19.0 Å². The number of Topliss-reactive ketones (excluding diaryl/α,β-unsaturated/α-hetero) is 1. The molecule has 0 spiro atoms. The molecule has 1 rings (SSSR count). The number of hydrogen-bond donors (Lipinski definition) is 1. The van der Waals surface area contributed by atoms with Gasteiger partial charge in [-0.3, -0.25) is 4.79 Å². The van der Waals surface area contributed by atoms with Gasteiger partial charge in [0.25, 0.3) is 0 Å². The molecule has 1 saturated carbocycles. The van der Waals surface area contributed by atoms with Crippen LogP contribution in [0.2, 0.25) is 0 Å². The lowest BCUT2D eigenvalue weighted by Crippen LogP contribution is -2.53. The minimum atomic E-state index is -0.970. The molecule has 5 heteroatoms. The lowest BCUT2D eigenvalue weighted by atomic mass is 9.81. The van der Waals surface area contributed by atoms with Crippen molar-refractivity contribution in [2.45, 2.75) is 84.0 Å². The first-order valence-electron chi connectivity index (χ1n) is 9.68. The molecule has 1 aliphatic rings. The molecule has 0 aromatic rings. The van der Waals surface area contributed by atoms with E-state index in [1.807, 2.05) is 0 Å². The Labute approximate surface area is 147 Å².